The molecule has 0 saturated heterocycles. The topological polar surface area (TPSA) is 94.1 Å². The second kappa shape index (κ2) is 7.63. The highest BCUT2D eigenvalue weighted by molar-refractivity contribution is 5.80. The predicted molar refractivity (Wildman–Crippen MR) is 90.8 cm³/mol. The van der Waals surface area contributed by atoms with Gasteiger partial charge in [-0.1, -0.05) is 13.0 Å². The smallest absolute Gasteiger partial charge is 0.408 e. The van der Waals surface area contributed by atoms with Crippen LogP contribution in [0.25, 0.3) is 0 Å². The molecule has 2 N–H and O–H groups in total. The molecule has 2 rings (SSSR count). The number of amides is 1. The van der Waals surface area contributed by atoms with E-state index in [0.717, 1.165) is 5.56 Å². The van der Waals surface area contributed by atoms with Crippen LogP contribution < -0.4 is 14.8 Å². The van der Waals surface area contributed by atoms with Crippen LogP contribution >= 0.6 is 0 Å². The molecule has 7 nitrogen and oxygen atoms in total. The quantitative estimate of drug-likeness (QED) is 0.818. The highest BCUT2D eigenvalue weighted by atomic mass is 16.7. The van der Waals surface area contributed by atoms with Gasteiger partial charge >= 0.3 is 12.1 Å². The van der Waals surface area contributed by atoms with Crippen LogP contribution in [0.1, 0.15) is 39.7 Å². The van der Waals surface area contributed by atoms with Gasteiger partial charge in [0.15, 0.2) is 11.5 Å². The molecule has 1 amide bonds. The summed E-state index contributed by atoms with van der Waals surface area (Å²) in [4.78, 5) is 23.2. The Kier molecular flexibility index (Phi) is 5.77. The van der Waals surface area contributed by atoms with Gasteiger partial charge in [-0.2, -0.15) is 0 Å². The average Bonchev–Trinajstić information content (AvgIpc) is 2.91. The van der Waals surface area contributed by atoms with E-state index in [4.69, 9.17) is 14.2 Å². The number of carboxylic acids is 1. The van der Waals surface area contributed by atoms with Crippen LogP contribution in [0.2, 0.25) is 0 Å². The normalized spacial score (nSPS) is 15.4. The summed E-state index contributed by atoms with van der Waals surface area (Å²) >= 11 is 0. The summed E-state index contributed by atoms with van der Waals surface area (Å²) in [6, 6.07) is 4.67. The van der Waals surface area contributed by atoms with E-state index in [1.165, 1.54) is 0 Å². The second-order valence-electron chi connectivity index (χ2n) is 7.27. The zero-order chi connectivity index (χ0) is 18.6. The minimum Gasteiger partial charge on any atom is -0.480 e. The first-order chi connectivity index (χ1) is 11.6. The van der Waals surface area contributed by atoms with E-state index in [0.29, 0.717) is 24.3 Å². The first-order valence-electron chi connectivity index (χ1n) is 8.25. The minimum atomic E-state index is -1.08. The molecule has 7 heteroatoms. The Hall–Kier alpha value is -2.44. The lowest BCUT2D eigenvalue weighted by Crippen LogP contribution is -2.44. The number of carboxylic acid groups (broad SMARTS) is 1. The van der Waals surface area contributed by atoms with Crippen molar-refractivity contribution in [3.63, 3.8) is 0 Å². The molecule has 0 radical (unpaired) electrons. The van der Waals surface area contributed by atoms with Gasteiger partial charge in [0.05, 0.1) is 0 Å². The van der Waals surface area contributed by atoms with Gasteiger partial charge in [-0.05, 0) is 57.2 Å². The fourth-order valence-corrected chi connectivity index (χ4v) is 2.63. The van der Waals surface area contributed by atoms with Crippen molar-refractivity contribution in [2.75, 3.05) is 6.79 Å². The Bertz CT molecular complexity index is 637. The second-order valence-corrected chi connectivity index (χ2v) is 7.27. The van der Waals surface area contributed by atoms with Crippen LogP contribution in [-0.4, -0.2) is 35.6 Å². The van der Waals surface area contributed by atoms with Crippen LogP contribution in [0, 0.1) is 5.92 Å². The number of benzene rings is 1. The lowest BCUT2D eigenvalue weighted by molar-refractivity contribution is -0.140. The van der Waals surface area contributed by atoms with Crippen LogP contribution in [0.5, 0.6) is 11.5 Å². The Labute approximate surface area is 147 Å². The maximum atomic E-state index is 11.8. The molecule has 25 heavy (non-hydrogen) atoms. The van der Waals surface area contributed by atoms with E-state index in [2.05, 4.69) is 5.32 Å². The summed E-state index contributed by atoms with van der Waals surface area (Å²) in [5, 5.41) is 11.8. The third-order valence-electron chi connectivity index (χ3n) is 3.65. The number of rotatable bonds is 6. The van der Waals surface area contributed by atoms with Gasteiger partial charge < -0.3 is 24.6 Å². The summed E-state index contributed by atoms with van der Waals surface area (Å²) in [7, 11) is 0. The van der Waals surface area contributed by atoms with Crippen molar-refractivity contribution >= 4 is 12.1 Å². The van der Waals surface area contributed by atoms with E-state index in [1.807, 2.05) is 25.1 Å². The van der Waals surface area contributed by atoms with E-state index in [1.54, 1.807) is 20.8 Å². The highest BCUT2D eigenvalue weighted by Gasteiger charge is 2.26. The Balaban J connectivity index is 1.92. The van der Waals surface area contributed by atoms with Gasteiger partial charge in [-0.15, -0.1) is 0 Å². The number of alkyl carbamates (subject to hydrolysis) is 1. The van der Waals surface area contributed by atoms with E-state index < -0.39 is 23.7 Å². The molecule has 138 valence electrons. The SMILES string of the molecule is CC(Cc1ccc2c(c1)OCO2)CC(NC(=O)OC(C)(C)C)C(=O)O. The molecule has 0 fully saturated rings. The highest BCUT2D eigenvalue weighted by Crippen LogP contribution is 2.33. The summed E-state index contributed by atoms with van der Waals surface area (Å²) in [6.07, 6.45) is 0.231. The summed E-state index contributed by atoms with van der Waals surface area (Å²) < 4.78 is 15.8. The number of hydrogen-bond acceptors (Lipinski definition) is 5. The van der Waals surface area contributed by atoms with Gasteiger partial charge in [0, 0.05) is 0 Å². The summed E-state index contributed by atoms with van der Waals surface area (Å²) in [5.41, 5.74) is 0.351. The molecule has 0 saturated carbocycles. The lowest BCUT2D eigenvalue weighted by Gasteiger charge is -2.23. The van der Waals surface area contributed by atoms with Crippen molar-refractivity contribution in [1.82, 2.24) is 5.32 Å². The number of aliphatic carboxylic acids is 1. The number of carbonyl (C=O) groups is 2. The van der Waals surface area contributed by atoms with Crippen LogP contribution in [0.4, 0.5) is 4.79 Å². The van der Waals surface area contributed by atoms with Gasteiger partial charge in [-0.25, -0.2) is 9.59 Å². The van der Waals surface area contributed by atoms with Crippen molar-refractivity contribution in [2.45, 2.75) is 52.2 Å². The van der Waals surface area contributed by atoms with Gasteiger partial charge in [0.1, 0.15) is 11.6 Å². The first kappa shape index (κ1) is 18.9. The average molecular weight is 351 g/mol. The van der Waals surface area contributed by atoms with E-state index in [-0.39, 0.29) is 12.7 Å². The predicted octanol–water partition coefficient (Wildman–Crippen LogP) is 2.96. The lowest BCUT2D eigenvalue weighted by atomic mass is 9.94. The maximum Gasteiger partial charge on any atom is 0.408 e. The van der Waals surface area contributed by atoms with Crippen LogP contribution in [0.3, 0.4) is 0 Å². The Morgan fingerprint density at radius 3 is 2.60 bits per heavy atom. The molecule has 0 bridgehead atoms. The molecule has 2 atom stereocenters. The number of nitrogens with one attached hydrogen (secondary N) is 1. The van der Waals surface area contributed by atoms with Crippen LogP contribution in [0.15, 0.2) is 18.2 Å². The Morgan fingerprint density at radius 2 is 1.96 bits per heavy atom. The van der Waals surface area contributed by atoms with Gasteiger partial charge in [-0.3, -0.25) is 0 Å². The van der Waals surface area contributed by atoms with Crippen molar-refractivity contribution < 1.29 is 28.9 Å². The molecule has 0 spiro atoms. The van der Waals surface area contributed by atoms with E-state index in [9.17, 15) is 14.7 Å². The zero-order valence-electron chi connectivity index (χ0n) is 15.0. The third kappa shape index (κ3) is 5.85. The molecule has 1 aromatic carbocycles. The number of fused-ring (bicyclic) bond motifs is 1. The Morgan fingerprint density at radius 1 is 1.28 bits per heavy atom. The fourth-order valence-electron chi connectivity index (χ4n) is 2.63. The molecule has 1 aliphatic rings. The van der Waals surface area contributed by atoms with Crippen molar-refractivity contribution in [3.8, 4) is 11.5 Å². The van der Waals surface area contributed by atoms with Crippen molar-refractivity contribution in [1.29, 1.82) is 0 Å². The van der Waals surface area contributed by atoms with E-state index >= 15 is 0 Å². The molecular weight excluding hydrogens is 326 g/mol. The van der Waals surface area contributed by atoms with Crippen LogP contribution in [-0.2, 0) is 16.0 Å². The zero-order valence-corrected chi connectivity index (χ0v) is 15.0. The first-order valence-corrected chi connectivity index (χ1v) is 8.25. The third-order valence-corrected chi connectivity index (χ3v) is 3.65. The summed E-state index contributed by atoms with van der Waals surface area (Å²) in [5.74, 6) is 0.373. The molecule has 1 aromatic rings. The molecule has 2 unspecified atom stereocenters. The van der Waals surface area contributed by atoms with Gasteiger partial charge in [0.2, 0.25) is 6.79 Å². The van der Waals surface area contributed by atoms with Crippen molar-refractivity contribution in [2.24, 2.45) is 5.92 Å². The van der Waals surface area contributed by atoms with Gasteiger partial charge in [0.25, 0.3) is 0 Å². The van der Waals surface area contributed by atoms with Crippen molar-refractivity contribution in [3.05, 3.63) is 23.8 Å². The molecule has 0 aromatic heterocycles. The minimum absolute atomic E-state index is 0.0383. The molecule has 1 heterocycles. The summed E-state index contributed by atoms with van der Waals surface area (Å²) in [6.45, 7) is 7.34. The number of carbonyl (C=O) groups excluding carboxylic acids is 1. The molecule has 0 aliphatic carbocycles. The molecule has 1 aliphatic heterocycles. The molecular formula is C18H25NO6. The largest absolute Gasteiger partial charge is 0.480 e. The maximum absolute atomic E-state index is 11.8. The monoisotopic (exact) mass is 351 g/mol. The standard InChI is InChI=1S/C18H25NO6/c1-11(7-12-5-6-14-15(9-12)24-10-23-14)8-13(16(20)21)19-17(22)25-18(2,3)4/h5-6,9,11,13H,7-8,10H2,1-4H3,(H,19,22)(H,20,21). The number of hydrogen-bond donors (Lipinski definition) is 2. The number of ether oxygens (including phenoxy) is 3. The fraction of sp³-hybridized carbons (Fsp3) is 0.556.